The largest absolute Gasteiger partial charge is 0.399 e. The van der Waals surface area contributed by atoms with Gasteiger partial charge in [0.2, 0.25) is 11.8 Å². The average molecular weight is 337 g/mol. The molecule has 0 saturated heterocycles. The van der Waals surface area contributed by atoms with Crippen molar-refractivity contribution in [2.24, 2.45) is 0 Å². The number of fused-ring (bicyclic) bond motifs is 1. The molecule has 130 valence electrons. The Morgan fingerprint density at radius 1 is 1.08 bits per heavy atom. The summed E-state index contributed by atoms with van der Waals surface area (Å²) in [6.45, 7) is 0.726. The van der Waals surface area contributed by atoms with Gasteiger partial charge in [-0.1, -0.05) is 36.4 Å². The van der Waals surface area contributed by atoms with E-state index in [1.165, 1.54) is 5.56 Å². The molecule has 5 nitrogen and oxygen atoms in total. The molecule has 0 spiro atoms. The third-order valence-corrected chi connectivity index (χ3v) is 4.52. The number of nitrogens with one attached hydrogen (secondary N) is 1. The second-order valence-corrected chi connectivity index (χ2v) is 6.25. The van der Waals surface area contributed by atoms with Crippen molar-refractivity contribution >= 4 is 23.2 Å². The van der Waals surface area contributed by atoms with Gasteiger partial charge in [0.25, 0.3) is 0 Å². The predicted molar refractivity (Wildman–Crippen MR) is 99.3 cm³/mol. The first-order valence-electron chi connectivity index (χ1n) is 8.63. The van der Waals surface area contributed by atoms with Crippen LogP contribution >= 0.6 is 0 Å². The number of para-hydroxylation sites is 2. The summed E-state index contributed by atoms with van der Waals surface area (Å²) in [5, 5.41) is 2.73. The minimum Gasteiger partial charge on any atom is -0.399 e. The van der Waals surface area contributed by atoms with E-state index in [0.29, 0.717) is 25.1 Å². The molecule has 1 heterocycles. The third kappa shape index (κ3) is 4.18. The summed E-state index contributed by atoms with van der Waals surface area (Å²) in [7, 11) is 0. The Balaban J connectivity index is 1.51. The third-order valence-electron chi connectivity index (χ3n) is 4.52. The van der Waals surface area contributed by atoms with Crippen molar-refractivity contribution in [3.8, 4) is 0 Å². The summed E-state index contributed by atoms with van der Waals surface area (Å²) in [5.41, 5.74) is 9.67. The van der Waals surface area contributed by atoms with E-state index in [4.69, 9.17) is 5.73 Å². The molecule has 0 aromatic heterocycles. The standard InChI is InChI=1S/C20H23N3O2/c21-17-9-3-1-6-15(17)11-12-19(24)22-14-20(25)23-13-5-8-16-7-2-4-10-18(16)23/h1-4,6-7,9-10H,5,8,11-14,21H2,(H,22,24). The van der Waals surface area contributed by atoms with Gasteiger partial charge in [0.15, 0.2) is 0 Å². The normalized spacial score (nSPS) is 13.2. The summed E-state index contributed by atoms with van der Waals surface area (Å²) in [5.74, 6) is -0.207. The van der Waals surface area contributed by atoms with E-state index in [1.807, 2.05) is 42.5 Å². The van der Waals surface area contributed by atoms with E-state index >= 15 is 0 Å². The first-order chi connectivity index (χ1) is 12.1. The van der Waals surface area contributed by atoms with Gasteiger partial charge in [-0.05, 0) is 42.5 Å². The van der Waals surface area contributed by atoms with Crippen molar-refractivity contribution in [1.29, 1.82) is 0 Å². The van der Waals surface area contributed by atoms with Gasteiger partial charge in [0.1, 0.15) is 0 Å². The highest BCUT2D eigenvalue weighted by atomic mass is 16.2. The zero-order chi connectivity index (χ0) is 17.6. The Kier molecular flexibility index (Phi) is 5.33. The van der Waals surface area contributed by atoms with Gasteiger partial charge in [0.05, 0.1) is 6.54 Å². The van der Waals surface area contributed by atoms with Crippen LogP contribution in [0.1, 0.15) is 24.0 Å². The van der Waals surface area contributed by atoms with Crippen LogP contribution in [0.4, 0.5) is 11.4 Å². The van der Waals surface area contributed by atoms with E-state index in [0.717, 1.165) is 24.1 Å². The Hall–Kier alpha value is -2.82. The monoisotopic (exact) mass is 337 g/mol. The van der Waals surface area contributed by atoms with Crippen LogP contribution in [0.15, 0.2) is 48.5 Å². The van der Waals surface area contributed by atoms with Gasteiger partial charge < -0.3 is 16.0 Å². The van der Waals surface area contributed by atoms with Crippen molar-refractivity contribution < 1.29 is 9.59 Å². The van der Waals surface area contributed by atoms with Crippen LogP contribution in [0, 0.1) is 0 Å². The number of rotatable bonds is 5. The van der Waals surface area contributed by atoms with Gasteiger partial charge in [-0.3, -0.25) is 9.59 Å². The number of anilines is 2. The van der Waals surface area contributed by atoms with Crippen LogP contribution in [-0.4, -0.2) is 24.9 Å². The number of amides is 2. The van der Waals surface area contributed by atoms with E-state index < -0.39 is 0 Å². The number of nitrogens with two attached hydrogens (primary N) is 1. The van der Waals surface area contributed by atoms with Crippen LogP contribution in [0.3, 0.4) is 0 Å². The van der Waals surface area contributed by atoms with Gasteiger partial charge >= 0.3 is 0 Å². The lowest BCUT2D eigenvalue weighted by atomic mass is 10.0. The summed E-state index contributed by atoms with van der Waals surface area (Å²) in [6, 6.07) is 15.5. The quantitative estimate of drug-likeness (QED) is 0.822. The summed E-state index contributed by atoms with van der Waals surface area (Å²) >= 11 is 0. The summed E-state index contributed by atoms with van der Waals surface area (Å²) < 4.78 is 0. The molecule has 1 aliphatic heterocycles. The van der Waals surface area contributed by atoms with Crippen LogP contribution < -0.4 is 16.0 Å². The number of hydrogen-bond donors (Lipinski definition) is 2. The summed E-state index contributed by atoms with van der Waals surface area (Å²) in [4.78, 5) is 26.3. The minimum atomic E-state index is -0.137. The number of benzene rings is 2. The SMILES string of the molecule is Nc1ccccc1CCC(=O)NCC(=O)N1CCCc2ccccc21. The molecule has 25 heavy (non-hydrogen) atoms. The molecule has 2 aromatic rings. The molecule has 2 aromatic carbocycles. The molecule has 0 radical (unpaired) electrons. The lowest BCUT2D eigenvalue weighted by Crippen LogP contribution is -2.42. The fourth-order valence-electron chi connectivity index (χ4n) is 3.16. The van der Waals surface area contributed by atoms with Crippen molar-refractivity contribution in [3.63, 3.8) is 0 Å². The molecule has 0 bridgehead atoms. The zero-order valence-electron chi connectivity index (χ0n) is 14.2. The van der Waals surface area contributed by atoms with Gasteiger partial charge in [-0.15, -0.1) is 0 Å². The lowest BCUT2D eigenvalue weighted by molar-refractivity contribution is -0.125. The number of carbonyl (C=O) groups excluding carboxylic acids is 2. The Morgan fingerprint density at radius 2 is 1.84 bits per heavy atom. The molecule has 3 rings (SSSR count). The second kappa shape index (κ2) is 7.83. The Morgan fingerprint density at radius 3 is 2.68 bits per heavy atom. The number of nitrogen functional groups attached to an aromatic ring is 1. The van der Waals surface area contributed by atoms with Crippen molar-refractivity contribution in [1.82, 2.24) is 5.32 Å². The maximum absolute atomic E-state index is 12.5. The van der Waals surface area contributed by atoms with Crippen molar-refractivity contribution in [3.05, 3.63) is 59.7 Å². The molecule has 0 aliphatic carbocycles. The van der Waals surface area contributed by atoms with Gasteiger partial charge in [-0.25, -0.2) is 0 Å². The topological polar surface area (TPSA) is 75.4 Å². The molecule has 2 amide bonds. The van der Waals surface area contributed by atoms with E-state index in [1.54, 1.807) is 4.90 Å². The highest BCUT2D eigenvalue weighted by Crippen LogP contribution is 2.26. The molecule has 0 unspecified atom stereocenters. The highest BCUT2D eigenvalue weighted by Gasteiger charge is 2.22. The van der Waals surface area contributed by atoms with Crippen LogP contribution in [0.2, 0.25) is 0 Å². The fourth-order valence-corrected chi connectivity index (χ4v) is 3.16. The molecule has 1 aliphatic rings. The maximum Gasteiger partial charge on any atom is 0.246 e. The molecule has 0 fully saturated rings. The Bertz CT molecular complexity index is 773. The van der Waals surface area contributed by atoms with Crippen LogP contribution in [0.25, 0.3) is 0 Å². The number of aryl methyl sites for hydroxylation is 2. The number of carbonyl (C=O) groups is 2. The number of nitrogens with zero attached hydrogens (tertiary/aromatic N) is 1. The molecule has 3 N–H and O–H groups in total. The first-order valence-corrected chi connectivity index (χ1v) is 8.63. The smallest absolute Gasteiger partial charge is 0.246 e. The van der Waals surface area contributed by atoms with Crippen molar-refractivity contribution in [2.45, 2.75) is 25.7 Å². The highest BCUT2D eigenvalue weighted by molar-refractivity contribution is 5.97. The first kappa shape index (κ1) is 17.0. The lowest BCUT2D eigenvalue weighted by Gasteiger charge is -2.29. The van der Waals surface area contributed by atoms with Gasteiger partial charge in [-0.2, -0.15) is 0 Å². The zero-order valence-corrected chi connectivity index (χ0v) is 14.2. The minimum absolute atomic E-state index is 0.0252. The molecular formula is C20H23N3O2. The molecule has 0 atom stereocenters. The van der Waals surface area contributed by atoms with E-state index in [9.17, 15) is 9.59 Å². The van der Waals surface area contributed by atoms with E-state index in [-0.39, 0.29) is 18.4 Å². The fraction of sp³-hybridized carbons (Fsp3) is 0.300. The van der Waals surface area contributed by atoms with Gasteiger partial charge in [0, 0.05) is 24.3 Å². The van der Waals surface area contributed by atoms with Crippen LogP contribution in [-0.2, 0) is 22.4 Å². The van der Waals surface area contributed by atoms with Crippen molar-refractivity contribution in [2.75, 3.05) is 23.7 Å². The molecular weight excluding hydrogens is 314 g/mol. The average Bonchev–Trinajstić information content (AvgIpc) is 2.65. The number of hydrogen-bond acceptors (Lipinski definition) is 3. The molecule has 5 heteroatoms. The maximum atomic E-state index is 12.5. The molecule has 0 saturated carbocycles. The Labute approximate surface area is 147 Å². The summed E-state index contributed by atoms with van der Waals surface area (Å²) in [6.07, 6.45) is 2.83. The second-order valence-electron chi connectivity index (χ2n) is 6.25. The predicted octanol–water partition coefficient (Wildman–Crippen LogP) is 2.30. The van der Waals surface area contributed by atoms with E-state index in [2.05, 4.69) is 11.4 Å². The van der Waals surface area contributed by atoms with Crippen LogP contribution in [0.5, 0.6) is 0 Å².